The number of pyridine rings is 1. The van der Waals surface area contributed by atoms with Crippen LogP contribution in [-0.2, 0) is 6.54 Å². The molecule has 0 fully saturated rings. The quantitative estimate of drug-likeness (QED) is 0.583. The lowest BCUT2D eigenvalue weighted by molar-refractivity contribution is 0.0755. The molecule has 0 saturated heterocycles. The first-order chi connectivity index (χ1) is 12.6. The van der Waals surface area contributed by atoms with Gasteiger partial charge in [0.25, 0.3) is 0 Å². The number of hydrogen-bond donors (Lipinski definition) is 0. The van der Waals surface area contributed by atoms with Crippen LogP contribution >= 0.6 is 11.6 Å². The van der Waals surface area contributed by atoms with Gasteiger partial charge < -0.3 is 4.74 Å². The van der Waals surface area contributed by atoms with Gasteiger partial charge >= 0.3 is 0 Å². The first kappa shape index (κ1) is 20.5. The van der Waals surface area contributed by atoms with Crippen molar-refractivity contribution < 1.29 is 4.74 Å². The van der Waals surface area contributed by atoms with Gasteiger partial charge in [-0.15, -0.1) is 0 Å². The molecule has 3 rings (SSSR count). The fourth-order valence-corrected chi connectivity index (χ4v) is 3.23. The standard InChI is InChI=1S/C20H23ClN2O.C2H6/c1-4-5-6-8-14(2)15(3)23-12-16-11-18(21)17-9-7-10-22-19(17)20(16)24-13-23;1-2/h5-11,15H,4,12-13H2,1-3H3;1-2H3/b6-5-,14-8+;. The van der Waals surface area contributed by atoms with Crippen LogP contribution in [0.4, 0.5) is 0 Å². The van der Waals surface area contributed by atoms with Crippen molar-refractivity contribution in [2.45, 2.75) is 53.6 Å². The number of rotatable bonds is 4. The van der Waals surface area contributed by atoms with E-state index in [9.17, 15) is 0 Å². The number of aromatic nitrogens is 1. The molecule has 0 amide bonds. The van der Waals surface area contributed by atoms with Crippen LogP contribution < -0.4 is 4.74 Å². The smallest absolute Gasteiger partial charge is 0.152 e. The monoisotopic (exact) mass is 372 g/mol. The Morgan fingerprint density at radius 3 is 2.92 bits per heavy atom. The van der Waals surface area contributed by atoms with Crippen LogP contribution in [-0.4, -0.2) is 22.7 Å². The highest BCUT2D eigenvalue weighted by atomic mass is 35.5. The number of allylic oxidation sites excluding steroid dienone is 3. The summed E-state index contributed by atoms with van der Waals surface area (Å²) >= 11 is 6.43. The fraction of sp³-hybridized carbons (Fsp3) is 0.409. The van der Waals surface area contributed by atoms with Gasteiger partial charge in [0.2, 0.25) is 0 Å². The van der Waals surface area contributed by atoms with Crippen molar-refractivity contribution >= 4 is 22.5 Å². The van der Waals surface area contributed by atoms with E-state index in [2.05, 4.69) is 48.9 Å². The summed E-state index contributed by atoms with van der Waals surface area (Å²) in [6, 6.07) is 6.19. The zero-order valence-corrected chi connectivity index (χ0v) is 17.2. The molecule has 0 saturated carbocycles. The van der Waals surface area contributed by atoms with Crippen LogP contribution in [0.2, 0.25) is 5.02 Å². The normalized spacial score (nSPS) is 16.0. The Bertz CT molecular complexity index is 798. The second-order valence-corrected chi connectivity index (χ2v) is 6.60. The van der Waals surface area contributed by atoms with Gasteiger partial charge in [-0.1, -0.05) is 56.2 Å². The summed E-state index contributed by atoms with van der Waals surface area (Å²) in [6.07, 6.45) is 9.30. The minimum atomic E-state index is 0.304. The molecule has 0 bridgehead atoms. The van der Waals surface area contributed by atoms with Gasteiger partial charge in [0, 0.05) is 29.7 Å². The second kappa shape index (κ2) is 9.75. The van der Waals surface area contributed by atoms with E-state index in [4.69, 9.17) is 16.3 Å². The molecule has 0 aliphatic carbocycles. The average molecular weight is 373 g/mol. The number of halogens is 1. The molecule has 1 aliphatic heterocycles. The number of fused-ring (bicyclic) bond motifs is 3. The summed E-state index contributed by atoms with van der Waals surface area (Å²) < 4.78 is 6.06. The number of ether oxygens (including phenoxy) is 1. The van der Waals surface area contributed by atoms with Crippen molar-refractivity contribution in [1.29, 1.82) is 0 Å². The highest BCUT2D eigenvalue weighted by Crippen LogP contribution is 2.37. The molecular formula is C22H29ClN2O. The lowest BCUT2D eigenvalue weighted by atomic mass is 10.0. The van der Waals surface area contributed by atoms with Crippen molar-refractivity contribution in [2.24, 2.45) is 0 Å². The van der Waals surface area contributed by atoms with E-state index in [-0.39, 0.29) is 0 Å². The zero-order valence-electron chi connectivity index (χ0n) is 16.4. The van der Waals surface area contributed by atoms with Gasteiger partial charge in [-0.3, -0.25) is 9.88 Å². The zero-order chi connectivity index (χ0) is 19.1. The summed E-state index contributed by atoms with van der Waals surface area (Å²) in [5, 5.41) is 1.67. The Kier molecular flexibility index (Phi) is 7.67. The molecule has 2 aromatic rings. The molecular weight excluding hydrogens is 344 g/mol. The Morgan fingerprint density at radius 2 is 2.19 bits per heavy atom. The van der Waals surface area contributed by atoms with E-state index in [0.29, 0.717) is 12.8 Å². The van der Waals surface area contributed by atoms with E-state index in [1.54, 1.807) is 6.20 Å². The highest BCUT2D eigenvalue weighted by Gasteiger charge is 2.25. The minimum Gasteiger partial charge on any atom is -0.475 e. The third-order valence-corrected chi connectivity index (χ3v) is 4.87. The molecule has 0 radical (unpaired) electrons. The van der Waals surface area contributed by atoms with Crippen molar-refractivity contribution in [3.05, 3.63) is 58.8 Å². The largest absolute Gasteiger partial charge is 0.475 e. The van der Waals surface area contributed by atoms with Crippen LogP contribution in [0, 0.1) is 0 Å². The first-order valence-corrected chi connectivity index (χ1v) is 9.76. The van der Waals surface area contributed by atoms with Crippen molar-refractivity contribution in [3.8, 4) is 5.75 Å². The second-order valence-electron chi connectivity index (χ2n) is 6.19. The van der Waals surface area contributed by atoms with Gasteiger partial charge in [0.05, 0.1) is 5.02 Å². The molecule has 0 spiro atoms. The van der Waals surface area contributed by atoms with E-state index >= 15 is 0 Å². The highest BCUT2D eigenvalue weighted by molar-refractivity contribution is 6.35. The summed E-state index contributed by atoms with van der Waals surface area (Å²) in [4.78, 5) is 6.77. The maximum Gasteiger partial charge on any atom is 0.152 e. The molecule has 1 atom stereocenters. The van der Waals surface area contributed by atoms with E-state index < -0.39 is 0 Å². The van der Waals surface area contributed by atoms with Crippen LogP contribution in [0.1, 0.15) is 46.6 Å². The molecule has 1 aromatic carbocycles. The lowest BCUT2D eigenvalue weighted by Gasteiger charge is -2.34. The third kappa shape index (κ3) is 4.46. The molecule has 1 aliphatic rings. The average Bonchev–Trinajstić information content (AvgIpc) is 2.69. The fourth-order valence-electron chi connectivity index (χ4n) is 2.95. The maximum absolute atomic E-state index is 6.43. The van der Waals surface area contributed by atoms with Crippen molar-refractivity contribution in [2.75, 3.05) is 6.73 Å². The summed E-state index contributed by atoms with van der Waals surface area (Å²) in [6.45, 7) is 11.9. The van der Waals surface area contributed by atoms with E-state index in [1.807, 2.05) is 32.0 Å². The van der Waals surface area contributed by atoms with Crippen molar-refractivity contribution in [3.63, 3.8) is 0 Å². The van der Waals surface area contributed by atoms with Crippen molar-refractivity contribution in [1.82, 2.24) is 9.88 Å². The Hall–Kier alpha value is -1.84. The van der Waals surface area contributed by atoms with Crippen LogP contribution in [0.15, 0.2) is 48.2 Å². The van der Waals surface area contributed by atoms with Gasteiger partial charge in [0.1, 0.15) is 12.2 Å². The summed E-state index contributed by atoms with van der Waals surface area (Å²) in [5.41, 5.74) is 3.27. The number of benzene rings is 1. The predicted molar refractivity (Wildman–Crippen MR) is 112 cm³/mol. The predicted octanol–water partition coefficient (Wildman–Crippen LogP) is 6.37. The van der Waals surface area contributed by atoms with E-state index in [1.165, 1.54) is 5.57 Å². The molecule has 4 heteroatoms. The van der Waals surface area contributed by atoms with Gasteiger partial charge in [-0.25, -0.2) is 0 Å². The Morgan fingerprint density at radius 1 is 1.42 bits per heavy atom. The first-order valence-electron chi connectivity index (χ1n) is 9.38. The van der Waals surface area contributed by atoms with Crippen LogP contribution in [0.3, 0.4) is 0 Å². The van der Waals surface area contributed by atoms with Crippen LogP contribution in [0.25, 0.3) is 10.9 Å². The van der Waals surface area contributed by atoms with Gasteiger partial charge in [0.15, 0.2) is 5.75 Å². The Balaban J connectivity index is 0.00000117. The molecule has 0 N–H and O–H groups in total. The number of nitrogens with zero attached hydrogens (tertiary/aromatic N) is 2. The van der Waals surface area contributed by atoms with Gasteiger partial charge in [-0.2, -0.15) is 0 Å². The minimum absolute atomic E-state index is 0.304. The van der Waals surface area contributed by atoms with Gasteiger partial charge in [-0.05, 0) is 38.5 Å². The summed E-state index contributed by atoms with van der Waals surface area (Å²) in [7, 11) is 0. The molecule has 26 heavy (non-hydrogen) atoms. The third-order valence-electron chi connectivity index (χ3n) is 4.56. The molecule has 3 nitrogen and oxygen atoms in total. The lowest BCUT2D eigenvalue weighted by Crippen LogP contribution is -2.39. The topological polar surface area (TPSA) is 25.4 Å². The molecule has 1 aromatic heterocycles. The van der Waals surface area contributed by atoms with E-state index in [0.717, 1.165) is 40.2 Å². The maximum atomic E-state index is 6.43. The Labute approximate surface area is 162 Å². The molecule has 140 valence electrons. The molecule has 2 heterocycles. The SMILES string of the molecule is CC.CC/C=C\C=C(/C)C(C)N1COc2c(cc(Cl)c3cccnc23)C1. The summed E-state index contributed by atoms with van der Waals surface area (Å²) in [5.74, 6) is 0.867. The molecule has 1 unspecified atom stereocenters. The van der Waals surface area contributed by atoms with Crippen LogP contribution in [0.5, 0.6) is 5.75 Å². The number of hydrogen-bond acceptors (Lipinski definition) is 3.